The van der Waals surface area contributed by atoms with Gasteiger partial charge in [-0.05, 0) is 24.8 Å². The number of rotatable bonds is 6. The molecule has 1 aromatic heterocycles. The van der Waals surface area contributed by atoms with Gasteiger partial charge < -0.3 is 14.6 Å². The fourth-order valence-corrected chi connectivity index (χ4v) is 2.61. The molecule has 1 fully saturated rings. The first kappa shape index (κ1) is 15.5. The van der Waals surface area contributed by atoms with Crippen LogP contribution in [0.5, 0.6) is 0 Å². The summed E-state index contributed by atoms with van der Waals surface area (Å²) < 4.78 is 10.4. The molecular formula is C17H21N3O3. The summed E-state index contributed by atoms with van der Waals surface area (Å²) in [5.74, 6) is 1.58. The van der Waals surface area contributed by atoms with Crippen LogP contribution in [0.1, 0.15) is 43.5 Å². The molecule has 6 heteroatoms. The van der Waals surface area contributed by atoms with Crippen LogP contribution in [0.2, 0.25) is 0 Å². The number of hydrogen-bond donors (Lipinski definition) is 1. The highest BCUT2D eigenvalue weighted by molar-refractivity contribution is 5.68. The molecule has 2 aromatic rings. The van der Waals surface area contributed by atoms with Crippen LogP contribution >= 0.6 is 0 Å². The van der Waals surface area contributed by atoms with Crippen LogP contribution in [0.4, 0.5) is 4.79 Å². The van der Waals surface area contributed by atoms with E-state index in [2.05, 4.69) is 15.5 Å². The van der Waals surface area contributed by atoms with Gasteiger partial charge in [0.2, 0.25) is 5.89 Å². The van der Waals surface area contributed by atoms with Gasteiger partial charge in [-0.1, -0.05) is 48.3 Å². The predicted octanol–water partition coefficient (Wildman–Crippen LogP) is 3.32. The fourth-order valence-electron chi connectivity index (χ4n) is 2.61. The molecular weight excluding hydrogens is 294 g/mol. The van der Waals surface area contributed by atoms with E-state index in [9.17, 15) is 4.79 Å². The van der Waals surface area contributed by atoms with Crippen LogP contribution in [0, 0.1) is 12.8 Å². The van der Waals surface area contributed by atoms with Crippen molar-refractivity contribution in [1.29, 1.82) is 0 Å². The molecule has 6 nitrogen and oxygen atoms in total. The molecule has 1 atom stereocenters. The predicted molar refractivity (Wildman–Crippen MR) is 83.5 cm³/mol. The number of carbonyl (C=O) groups excluding carboxylic acids is 1. The van der Waals surface area contributed by atoms with Gasteiger partial charge in [-0.15, -0.1) is 0 Å². The van der Waals surface area contributed by atoms with Gasteiger partial charge >= 0.3 is 6.09 Å². The molecule has 23 heavy (non-hydrogen) atoms. The Morgan fingerprint density at radius 1 is 1.39 bits per heavy atom. The van der Waals surface area contributed by atoms with E-state index in [1.807, 2.05) is 37.3 Å². The lowest BCUT2D eigenvalue weighted by molar-refractivity contribution is 0.123. The van der Waals surface area contributed by atoms with Gasteiger partial charge in [0.1, 0.15) is 12.1 Å². The normalized spacial score (nSPS) is 16.6. The first-order valence-electron chi connectivity index (χ1n) is 7.85. The highest BCUT2D eigenvalue weighted by atomic mass is 16.5. The summed E-state index contributed by atoms with van der Waals surface area (Å²) in [4.78, 5) is 16.5. The lowest BCUT2D eigenvalue weighted by atomic mass is 9.94. The highest BCUT2D eigenvalue weighted by Gasteiger charge is 2.39. The number of amides is 1. The summed E-state index contributed by atoms with van der Waals surface area (Å²) in [6, 6.07) is 9.58. The maximum absolute atomic E-state index is 12.2. The Labute approximate surface area is 135 Å². The van der Waals surface area contributed by atoms with Crippen LogP contribution in [0.25, 0.3) is 0 Å². The molecule has 1 aliphatic rings. The Morgan fingerprint density at radius 2 is 2.13 bits per heavy atom. The van der Waals surface area contributed by atoms with Crippen LogP contribution < -0.4 is 5.32 Å². The smallest absolute Gasteiger partial charge is 0.408 e. The molecule has 0 bridgehead atoms. The van der Waals surface area contributed by atoms with E-state index in [-0.39, 0.29) is 6.61 Å². The molecule has 1 N–H and O–H groups in total. The van der Waals surface area contributed by atoms with Crippen molar-refractivity contribution in [1.82, 2.24) is 15.5 Å². The van der Waals surface area contributed by atoms with Crippen molar-refractivity contribution in [2.24, 2.45) is 5.92 Å². The van der Waals surface area contributed by atoms with Crippen molar-refractivity contribution < 1.29 is 14.1 Å². The Bertz CT molecular complexity index is 667. The van der Waals surface area contributed by atoms with Crippen molar-refractivity contribution in [3.05, 3.63) is 47.6 Å². The minimum Gasteiger partial charge on any atom is -0.445 e. The molecule has 0 saturated heterocycles. The molecule has 0 radical (unpaired) electrons. The molecule has 1 heterocycles. The van der Waals surface area contributed by atoms with E-state index < -0.39 is 11.6 Å². The lowest BCUT2D eigenvalue weighted by Crippen LogP contribution is -2.45. The summed E-state index contributed by atoms with van der Waals surface area (Å²) in [6.07, 6.45) is 2.66. The van der Waals surface area contributed by atoms with Gasteiger partial charge in [-0.3, -0.25) is 0 Å². The molecule has 1 saturated carbocycles. The minimum absolute atomic E-state index is 0.234. The third kappa shape index (κ3) is 4.09. The molecule has 1 aliphatic carbocycles. The summed E-state index contributed by atoms with van der Waals surface area (Å²) >= 11 is 0. The highest BCUT2D eigenvalue weighted by Crippen LogP contribution is 2.40. The number of carbonyl (C=O) groups is 1. The number of hydrogen-bond acceptors (Lipinski definition) is 5. The quantitative estimate of drug-likeness (QED) is 0.885. The van der Waals surface area contributed by atoms with Gasteiger partial charge in [0, 0.05) is 6.92 Å². The molecule has 3 rings (SSSR count). The summed E-state index contributed by atoms with van der Waals surface area (Å²) in [5, 5.41) is 6.90. The van der Waals surface area contributed by atoms with Gasteiger partial charge in [0.25, 0.3) is 0 Å². The number of alkyl carbamates (subject to hydrolysis) is 1. The molecule has 1 aromatic carbocycles. The topological polar surface area (TPSA) is 77.2 Å². The number of ether oxygens (including phenoxy) is 1. The van der Waals surface area contributed by atoms with Crippen molar-refractivity contribution >= 4 is 6.09 Å². The van der Waals surface area contributed by atoms with Gasteiger partial charge in [0.05, 0.1) is 0 Å². The molecule has 122 valence electrons. The van der Waals surface area contributed by atoms with E-state index in [1.54, 1.807) is 6.92 Å². The molecule has 1 amide bonds. The van der Waals surface area contributed by atoms with E-state index in [0.29, 0.717) is 17.6 Å². The third-order valence-electron chi connectivity index (χ3n) is 4.01. The lowest BCUT2D eigenvalue weighted by Gasteiger charge is -2.27. The second kappa shape index (κ2) is 6.40. The van der Waals surface area contributed by atoms with E-state index in [0.717, 1.165) is 12.0 Å². The Balaban J connectivity index is 1.64. The molecule has 0 unspecified atom stereocenters. The largest absolute Gasteiger partial charge is 0.445 e. The third-order valence-corrected chi connectivity index (χ3v) is 4.01. The minimum atomic E-state index is -0.674. The first-order valence-corrected chi connectivity index (χ1v) is 7.85. The van der Waals surface area contributed by atoms with Crippen LogP contribution in [0.3, 0.4) is 0 Å². The fraction of sp³-hybridized carbons (Fsp3) is 0.471. The summed E-state index contributed by atoms with van der Waals surface area (Å²) in [6.45, 7) is 3.89. The molecule has 0 spiro atoms. The van der Waals surface area contributed by atoms with Crippen molar-refractivity contribution in [3.8, 4) is 0 Å². The standard InChI is InChI=1S/C17H21N3O3/c1-12-18-15(20-23-12)17(2,10-13-8-9-13)19-16(21)22-11-14-6-4-3-5-7-14/h3-7,13H,8-11H2,1-2H3,(H,19,21)/t17-/m0/s1. The monoisotopic (exact) mass is 315 g/mol. The SMILES string of the molecule is Cc1nc([C@](C)(CC2CC2)NC(=O)OCc2ccccc2)no1. The average Bonchev–Trinajstić information content (AvgIpc) is 3.22. The van der Waals surface area contributed by atoms with Crippen molar-refractivity contribution in [3.63, 3.8) is 0 Å². The van der Waals surface area contributed by atoms with Gasteiger partial charge in [-0.2, -0.15) is 4.98 Å². The zero-order valence-corrected chi connectivity index (χ0v) is 13.4. The van der Waals surface area contributed by atoms with Crippen LogP contribution in [-0.2, 0) is 16.9 Å². The number of benzene rings is 1. The van der Waals surface area contributed by atoms with Crippen molar-refractivity contribution in [2.75, 3.05) is 0 Å². The van der Waals surface area contributed by atoms with Gasteiger partial charge in [-0.25, -0.2) is 4.79 Å². The number of nitrogens with zero attached hydrogens (tertiary/aromatic N) is 2. The Kier molecular flexibility index (Phi) is 4.32. The zero-order valence-electron chi connectivity index (χ0n) is 13.4. The average molecular weight is 315 g/mol. The first-order chi connectivity index (χ1) is 11.0. The number of aryl methyl sites for hydroxylation is 1. The van der Waals surface area contributed by atoms with E-state index >= 15 is 0 Å². The Hall–Kier alpha value is -2.37. The summed E-state index contributed by atoms with van der Waals surface area (Å²) in [5.41, 5.74) is 0.272. The van der Waals surface area contributed by atoms with Crippen LogP contribution in [-0.4, -0.2) is 16.2 Å². The maximum Gasteiger partial charge on any atom is 0.408 e. The second-order valence-electron chi connectivity index (χ2n) is 6.30. The number of nitrogens with one attached hydrogen (secondary N) is 1. The number of aromatic nitrogens is 2. The van der Waals surface area contributed by atoms with Crippen molar-refractivity contribution in [2.45, 2.75) is 45.3 Å². The van der Waals surface area contributed by atoms with E-state index in [4.69, 9.17) is 9.26 Å². The van der Waals surface area contributed by atoms with E-state index in [1.165, 1.54) is 12.8 Å². The Morgan fingerprint density at radius 3 is 2.74 bits per heavy atom. The summed E-state index contributed by atoms with van der Waals surface area (Å²) in [7, 11) is 0. The molecule has 0 aliphatic heterocycles. The van der Waals surface area contributed by atoms with Gasteiger partial charge in [0.15, 0.2) is 5.82 Å². The second-order valence-corrected chi connectivity index (χ2v) is 6.30. The maximum atomic E-state index is 12.2. The van der Waals surface area contributed by atoms with Crippen LogP contribution in [0.15, 0.2) is 34.9 Å². The zero-order chi connectivity index (χ0) is 16.3.